The molecule has 3 aromatic rings. The summed E-state index contributed by atoms with van der Waals surface area (Å²) in [6.07, 6.45) is 5.67. The largest absolute Gasteiger partial charge is 0.508 e. The van der Waals surface area contributed by atoms with Crippen molar-refractivity contribution >= 4 is 9.84 Å². The molecule has 0 radical (unpaired) electrons. The number of aryl methyl sites for hydroxylation is 1. The summed E-state index contributed by atoms with van der Waals surface area (Å²) in [6, 6.07) is 14.1. The van der Waals surface area contributed by atoms with Crippen molar-refractivity contribution in [3.63, 3.8) is 0 Å². The van der Waals surface area contributed by atoms with E-state index in [0.29, 0.717) is 18.2 Å². The lowest BCUT2D eigenvalue weighted by molar-refractivity contribution is 0.168. The van der Waals surface area contributed by atoms with E-state index >= 15 is 0 Å². The Morgan fingerprint density at radius 3 is 2.35 bits per heavy atom. The van der Waals surface area contributed by atoms with Crippen LogP contribution in [0, 0.1) is 5.92 Å². The van der Waals surface area contributed by atoms with Crippen molar-refractivity contribution in [2.45, 2.75) is 37.1 Å². The molecule has 2 heterocycles. The van der Waals surface area contributed by atoms with Crippen LogP contribution in [0.3, 0.4) is 0 Å². The zero-order valence-corrected chi connectivity index (χ0v) is 18.4. The minimum Gasteiger partial charge on any atom is -0.508 e. The van der Waals surface area contributed by atoms with E-state index in [0.717, 1.165) is 50.3 Å². The number of rotatable bonds is 7. The lowest BCUT2D eigenvalue weighted by Gasteiger charge is -2.31. The Morgan fingerprint density at radius 1 is 1.03 bits per heavy atom. The van der Waals surface area contributed by atoms with Crippen LogP contribution >= 0.6 is 0 Å². The van der Waals surface area contributed by atoms with E-state index in [9.17, 15) is 13.5 Å². The SMILES string of the molecule is CS(=O)(=O)c1ccc(-n2nnnc2CN2CCC(CCc3ccc(O)cc3)CC2)cc1. The number of phenols is 1. The molecule has 164 valence electrons. The number of nitrogens with zero attached hydrogens (tertiary/aromatic N) is 5. The Bertz CT molecular complexity index is 1100. The molecular weight excluding hydrogens is 414 g/mol. The number of phenolic OH excluding ortho intramolecular Hbond substituents is 1. The van der Waals surface area contributed by atoms with E-state index in [4.69, 9.17) is 0 Å². The van der Waals surface area contributed by atoms with Crippen LogP contribution in [0.25, 0.3) is 5.69 Å². The van der Waals surface area contributed by atoms with E-state index in [2.05, 4.69) is 20.4 Å². The van der Waals surface area contributed by atoms with Crippen LogP contribution in [-0.4, -0.2) is 58.0 Å². The molecule has 1 aliphatic heterocycles. The van der Waals surface area contributed by atoms with Crippen molar-refractivity contribution in [1.29, 1.82) is 0 Å². The number of tetrazole rings is 1. The van der Waals surface area contributed by atoms with Crippen LogP contribution in [0.4, 0.5) is 0 Å². The van der Waals surface area contributed by atoms with Crippen LogP contribution in [0.15, 0.2) is 53.4 Å². The molecule has 1 aliphatic rings. The molecule has 31 heavy (non-hydrogen) atoms. The Kier molecular flexibility index (Phi) is 6.33. The van der Waals surface area contributed by atoms with Crippen molar-refractivity contribution in [3.8, 4) is 11.4 Å². The van der Waals surface area contributed by atoms with E-state index in [-0.39, 0.29) is 4.90 Å². The topological polar surface area (TPSA) is 101 Å². The summed E-state index contributed by atoms with van der Waals surface area (Å²) < 4.78 is 25.0. The van der Waals surface area contributed by atoms with Gasteiger partial charge in [0.2, 0.25) is 0 Å². The molecule has 2 aromatic carbocycles. The smallest absolute Gasteiger partial charge is 0.175 e. The van der Waals surface area contributed by atoms with Gasteiger partial charge in [0.05, 0.1) is 17.1 Å². The van der Waals surface area contributed by atoms with E-state index < -0.39 is 9.84 Å². The number of aromatic hydroxyl groups is 1. The summed E-state index contributed by atoms with van der Waals surface area (Å²) in [5.41, 5.74) is 2.01. The van der Waals surface area contributed by atoms with Gasteiger partial charge in [-0.1, -0.05) is 12.1 Å². The van der Waals surface area contributed by atoms with E-state index in [1.165, 1.54) is 11.8 Å². The lowest BCUT2D eigenvalue weighted by Crippen LogP contribution is -2.34. The number of likely N-dealkylation sites (tertiary alicyclic amines) is 1. The van der Waals surface area contributed by atoms with Crippen molar-refractivity contribution < 1.29 is 13.5 Å². The maximum absolute atomic E-state index is 11.7. The first-order valence-corrected chi connectivity index (χ1v) is 12.4. The Morgan fingerprint density at radius 2 is 1.71 bits per heavy atom. The minimum absolute atomic E-state index is 0.278. The predicted molar refractivity (Wildman–Crippen MR) is 117 cm³/mol. The second kappa shape index (κ2) is 9.15. The standard InChI is InChI=1S/C22H27N5O3S/c1-31(29,30)21-10-6-19(7-11-21)27-22(23-24-25-27)16-26-14-12-18(13-15-26)3-2-17-4-8-20(28)9-5-17/h4-11,18,28H,2-3,12-16H2,1H3. The maximum Gasteiger partial charge on any atom is 0.175 e. The number of piperidine rings is 1. The molecule has 1 aromatic heterocycles. The van der Waals surface area contributed by atoms with Gasteiger partial charge < -0.3 is 5.11 Å². The first kappa shape index (κ1) is 21.5. The molecule has 0 amide bonds. The molecule has 9 heteroatoms. The fraction of sp³-hybridized carbons (Fsp3) is 0.409. The average molecular weight is 442 g/mol. The van der Waals surface area contributed by atoms with Gasteiger partial charge in [-0.3, -0.25) is 4.90 Å². The van der Waals surface area contributed by atoms with Crippen molar-refractivity contribution in [1.82, 2.24) is 25.1 Å². The zero-order valence-electron chi connectivity index (χ0n) is 17.6. The highest BCUT2D eigenvalue weighted by Crippen LogP contribution is 2.24. The number of sulfone groups is 1. The molecule has 0 aliphatic carbocycles. The molecule has 8 nitrogen and oxygen atoms in total. The summed E-state index contributed by atoms with van der Waals surface area (Å²) in [6.45, 7) is 2.66. The van der Waals surface area contributed by atoms with E-state index in [1.807, 2.05) is 12.1 Å². The molecule has 0 saturated carbocycles. The fourth-order valence-corrected chi connectivity index (χ4v) is 4.64. The summed E-state index contributed by atoms with van der Waals surface area (Å²) >= 11 is 0. The number of hydrogen-bond acceptors (Lipinski definition) is 7. The summed E-state index contributed by atoms with van der Waals surface area (Å²) in [7, 11) is -3.23. The fourth-order valence-electron chi connectivity index (χ4n) is 4.01. The summed E-state index contributed by atoms with van der Waals surface area (Å²) in [4.78, 5) is 2.64. The van der Waals surface area contributed by atoms with Gasteiger partial charge in [-0.2, -0.15) is 4.68 Å². The summed E-state index contributed by atoms with van der Waals surface area (Å²) in [5.74, 6) is 1.75. The number of benzene rings is 2. The zero-order chi connectivity index (χ0) is 21.8. The van der Waals surface area contributed by atoms with Gasteiger partial charge in [0.1, 0.15) is 5.75 Å². The van der Waals surface area contributed by atoms with Gasteiger partial charge >= 0.3 is 0 Å². The average Bonchev–Trinajstić information content (AvgIpc) is 3.22. The minimum atomic E-state index is -3.23. The first-order chi connectivity index (χ1) is 14.9. The van der Waals surface area contributed by atoms with Crippen LogP contribution in [0.5, 0.6) is 5.75 Å². The third-order valence-corrected chi connectivity index (χ3v) is 7.02. The third-order valence-electron chi connectivity index (χ3n) is 5.89. The van der Waals surface area contributed by atoms with Crippen LogP contribution in [0.2, 0.25) is 0 Å². The highest BCUT2D eigenvalue weighted by atomic mass is 32.2. The first-order valence-electron chi connectivity index (χ1n) is 10.5. The molecule has 0 bridgehead atoms. The second-order valence-electron chi connectivity index (χ2n) is 8.20. The van der Waals surface area contributed by atoms with Crippen LogP contribution in [-0.2, 0) is 22.8 Å². The predicted octanol–water partition coefficient (Wildman–Crippen LogP) is 2.62. The molecule has 0 atom stereocenters. The van der Waals surface area contributed by atoms with Gasteiger partial charge in [-0.25, -0.2) is 8.42 Å². The Balaban J connectivity index is 1.31. The summed E-state index contributed by atoms with van der Waals surface area (Å²) in [5, 5.41) is 21.5. The normalized spacial score (nSPS) is 15.9. The molecule has 1 N–H and O–H groups in total. The van der Waals surface area contributed by atoms with Gasteiger partial charge in [-0.05, 0) is 97.1 Å². The molecule has 1 saturated heterocycles. The van der Waals surface area contributed by atoms with Crippen molar-refractivity contribution in [3.05, 3.63) is 59.9 Å². The quantitative estimate of drug-likeness (QED) is 0.601. The maximum atomic E-state index is 11.7. The van der Waals surface area contributed by atoms with Gasteiger partial charge in [0.25, 0.3) is 0 Å². The van der Waals surface area contributed by atoms with Crippen molar-refractivity contribution in [2.75, 3.05) is 19.3 Å². The lowest BCUT2D eigenvalue weighted by atomic mass is 9.90. The van der Waals surface area contributed by atoms with Crippen LogP contribution in [0.1, 0.15) is 30.7 Å². The second-order valence-corrected chi connectivity index (χ2v) is 10.2. The third kappa shape index (κ3) is 5.48. The highest BCUT2D eigenvalue weighted by molar-refractivity contribution is 7.90. The van der Waals surface area contributed by atoms with Gasteiger partial charge in [-0.15, -0.1) is 5.10 Å². The van der Waals surface area contributed by atoms with Crippen LogP contribution < -0.4 is 0 Å². The molecule has 0 unspecified atom stereocenters. The van der Waals surface area contributed by atoms with Gasteiger partial charge in [0, 0.05) is 6.26 Å². The van der Waals surface area contributed by atoms with Gasteiger partial charge in [0.15, 0.2) is 15.7 Å². The molecule has 1 fully saturated rings. The number of aromatic nitrogens is 4. The Labute approximate surface area is 182 Å². The molecule has 4 rings (SSSR count). The highest BCUT2D eigenvalue weighted by Gasteiger charge is 2.21. The molecular formula is C22H27N5O3S. The Hall–Kier alpha value is -2.78. The monoisotopic (exact) mass is 441 g/mol. The molecule has 0 spiro atoms. The number of hydrogen-bond donors (Lipinski definition) is 1. The van der Waals surface area contributed by atoms with Crippen molar-refractivity contribution in [2.24, 2.45) is 5.92 Å². The van der Waals surface area contributed by atoms with E-state index in [1.54, 1.807) is 41.1 Å².